The number of nitrogens with one attached hydrogen (secondary N) is 1. The van der Waals surface area contributed by atoms with Crippen LogP contribution in [-0.4, -0.2) is 16.2 Å². The van der Waals surface area contributed by atoms with Crippen molar-refractivity contribution in [1.29, 1.82) is 0 Å². The Morgan fingerprint density at radius 3 is 2.75 bits per heavy atom. The average Bonchev–Trinajstić information content (AvgIpc) is 2.20. The molecule has 0 aliphatic carbocycles. The predicted molar refractivity (Wildman–Crippen MR) is 57.0 cm³/mol. The maximum absolute atomic E-state index is 12.8. The van der Waals surface area contributed by atoms with E-state index in [9.17, 15) is 19.3 Å². The fourth-order valence-corrected chi connectivity index (χ4v) is 1.05. The van der Waals surface area contributed by atoms with Crippen LogP contribution in [-0.2, 0) is 4.79 Å². The smallest absolute Gasteiger partial charge is 0.295 e. The van der Waals surface area contributed by atoms with Gasteiger partial charge in [0.15, 0.2) is 0 Å². The zero-order valence-electron chi connectivity index (χ0n) is 8.24. The first kappa shape index (κ1) is 12.4. The van der Waals surface area contributed by atoms with E-state index in [0.717, 1.165) is 18.2 Å². The van der Waals surface area contributed by atoms with Crippen molar-refractivity contribution in [3.8, 4) is 0 Å². The lowest BCUT2D eigenvalue weighted by atomic mass is 10.2. The first-order valence-corrected chi connectivity index (χ1v) is 4.74. The second-order valence-corrected chi connectivity index (χ2v) is 3.68. The summed E-state index contributed by atoms with van der Waals surface area (Å²) in [7, 11) is 0. The summed E-state index contributed by atoms with van der Waals surface area (Å²) in [6.45, 7) is 1.42. The summed E-state index contributed by atoms with van der Waals surface area (Å²) in [6.07, 6.45) is 0. The molecule has 1 unspecified atom stereocenters. The summed E-state index contributed by atoms with van der Waals surface area (Å²) in [6, 6.07) is 2.86. The quantitative estimate of drug-likeness (QED) is 0.505. The standard InChI is InChI=1S/C9H8ClFN2O3/c1-5(10)9(14)12-7-3-2-6(11)4-8(7)13(15)16/h2-5H,1H3,(H,12,14). The minimum absolute atomic E-state index is 0.0797. The van der Waals surface area contributed by atoms with E-state index in [1.165, 1.54) is 6.92 Å². The summed E-state index contributed by atoms with van der Waals surface area (Å²) in [5, 5.41) is 12.0. The van der Waals surface area contributed by atoms with Gasteiger partial charge in [-0.15, -0.1) is 11.6 Å². The molecule has 0 aromatic heterocycles. The number of hydrogen-bond donors (Lipinski definition) is 1. The Balaban J connectivity index is 3.04. The Bertz CT molecular complexity index is 437. The summed E-state index contributed by atoms with van der Waals surface area (Å²) in [5.41, 5.74) is -0.588. The molecule has 5 nitrogen and oxygen atoms in total. The van der Waals surface area contributed by atoms with Crippen LogP contribution in [0.2, 0.25) is 0 Å². The lowest BCUT2D eigenvalue weighted by Gasteiger charge is -2.06. The maximum Gasteiger partial charge on any atom is 0.295 e. The number of halogens is 2. The highest BCUT2D eigenvalue weighted by atomic mass is 35.5. The first-order valence-electron chi connectivity index (χ1n) is 4.30. The van der Waals surface area contributed by atoms with E-state index >= 15 is 0 Å². The number of alkyl halides is 1. The molecule has 1 aromatic carbocycles. The number of benzene rings is 1. The minimum atomic E-state index is -0.829. The Labute approximate surface area is 95.4 Å². The van der Waals surface area contributed by atoms with Gasteiger partial charge in [0.25, 0.3) is 5.69 Å². The van der Waals surface area contributed by atoms with E-state index in [-0.39, 0.29) is 5.69 Å². The highest BCUT2D eigenvalue weighted by Crippen LogP contribution is 2.25. The fraction of sp³-hybridized carbons (Fsp3) is 0.222. The number of carbonyl (C=O) groups is 1. The first-order chi connectivity index (χ1) is 7.41. The molecule has 0 fully saturated rings. The van der Waals surface area contributed by atoms with E-state index < -0.39 is 27.7 Å². The number of rotatable bonds is 3. The van der Waals surface area contributed by atoms with Crippen LogP contribution < -0.4 is 5.32 Å². The predicted octanol–water partition coefficient (Wildman–Crippen LogP) is 2.30. The van der Waals surface area contributed by atoms with Gasteiger partial charge < -0.3 is 5.32 Å². The molecule has 1 rings (SSSR count). The molecule has 0 bridgehead atoms. The zero-order chi connectivity index (χ0) is 12.3. The topological polar surface area (TPSA) is 72.2 Å². The molecule has 0 radical (unpaired) electrons. The van der Waals surface area contributed by atoms with Gasteiger partial charge in [-0.2, -0.15) is 0 Å². The fourth-order valence-electron chi connectivity index (χ4n) is 0.994. The minimum Gasteiger partial charge on any atom is -0.319 e. The van der Waals surface area contributed by atoms with Crippen molar-refractivity contribution < 1.29 is 14.1 Å². The van der Waals surface area contributed by atoms with Crippen LogP contribution in [0.15, 0.2) is 18.2 Å². The molecule has 0 heterocycles. The second-order valence-electron chi connectivity index (χ2n) is 3.02. The highest BCUT2D eigenvalue weighted by Gasteiger charge is 2.18. The van der Waals surface area contributed by atoms with Crippen molar-refractivity contribution in [1.82, 2.24) is 0 Å². The Morgan fingerprint density at radius 1 is 1.62 bits per heavy atom. The number of nitro benzene ring substituents is 1. The molecule has 7 heteroatoms. The van der Waals surface area contributed by atoms with Gasteiger partial charge in [0, 0.05) is 0 Å². The molecule has 1 atom stereocenters. The van der Waals surface area contributed by atoms with Gasteiger partial charge in [-0.1, -0.05) is 0 Å². The van der Waals surface area contributed by atoms with Crippen molar-refractivity contribution in [2.24, 2.45) is 0 Å². The molecule has 1 amide bonds. The molecule has 0 aliphatic rings. The van der Waals surface area contributed by atoms with Gasteiger partial charge in [-0.05, 0) is 19.1 Å². The molecule has 86 valence electrons. The molecule has 1 aromatic rings. The molecule has 0 saturated heterocycles. The SMILES string of the molecule is CC(Cl)C(=O)Nc1ccc(F)cc1[N+](=O)[O-]. The van der Waals surface area contributed by atoms with Crippen LogP contribution in [0, 0.1) is 15.9 Å². The summed E-state index contributed by atoms with van der Waals surface area (Å²) >= 11 is 5.49. The van der Waals surface area contributed by atoms with Crippen molar-refractivity contribution in [2.75, 3.05) is 5.32 Å². The van der Waals surface area contributed by atoms with Gasteiger partial charge in [0.05, 0.1) is 11.0 Å². The number of amides is 1. The Hall–Kier alpha value is -1.69. The van der Waals surface area contributed by atoms with Gasteiger partial charge in [0.1, 0.15) is 16.9 Å². The average molecular weight is 247 g/mol. The van der Waals surface area contributed by atoms with E-state index in [4.69, 9.17) is 11.6 Å². The van der Waals surface area contributed by atoms with E-state index in [0.29, 0.717) is 0 Å². The van der Waals surface area contributed by atoms with Crippen molar-refractivity contribution >= 4 is 28.9 Å². The lowest BCUT2D eigenvalue weighted by molar-refractivity contribution is -0.384. The van der Waals surface area contributed by atoms with Gasteiger partial charge in [-0.3, -0.25) is 14.9 Å². The molecule has 16 heavy (non-hydrogen) atoms. The molecule has 0 spiro atoms. The van der Waals surface area contributed by atoms with Crippen molar-refractivity contribution in [3.05, 3.63) is 34.1 Å². The lowest BCUT2D eigenvalue weighted by Crippen LogP contribution is -2.20. The van der Waals surface area contributed by atoms with E-state index in [2.05, 4.69) is 5.32 Å². The summed E-state index contributed by atoms with van der Waals surface area (Å²) in [4.78, 5) is 21.0. The number of nitro groups is 1. The summed E-state index contributed by atoms with van der Waals surface area (Å²) < 4.78 is 12.8. The Kier molecular flexibility index (Phi) is 3.78. The molecule has 0 aliphatic heterocycles. The van der Waals surface area contributed by atoms with Gasteiger partial charge in [0.2, 0.25) is 5.91 Å². The van der Waals surface area contributed by atoms with E-state index in [1.807, 2.05) is 0 Å². The highest BCUT2D eigenvalue weighted by molar-refractivity contribution is 6.32. The van der Waals surface area contributed by atoms with Crippen LogP contribution in [0.4, 0.5) is 15.8 Å². The van der Waals surface area contributed by atoms with Gasteiger partial charge >= 0.3 is 0 Å². The molecule has 1 N–H and O–H groups in total. The largest absolute Gasteiger partial charge is 0.319 e. The van der Waals surface area contributed by atoms with Crippen LogP contribution in [0.1, 0.15) is 6.92 Å². The van der Waals surface area contributed by atoms with Crippen LogP contribution in [0.5, 0.6) is 0 Å². The van der Waals surface area contributed by atoms with E-state index in [1.54, 1.807) is 0 Å². The van der Waals surface area contributed by atoms with Crippen LogP contribution >= 0.6 is 11.6 Å². The maximum atomic E-state index is 12.8. The van der Waals surface area contributed by atoms with Crippen molar-refractivity contribution in [2.45, 2.75) is 12.3 Å². The Morgan fingerprint density at radius 2 is 2.25 bits per heavy atom. The van der Waals surface area contributed by atoms with Crippen LogP contribution in [0.3, 0.4) is 0 Å². The van der Waals surface area contributed by atoms with Crippen LogP contribution in [0.25, 0.3) is 0 Å². The zero-order valence-corrected chi connectivity index (χ0v) is 8.99. The normalized spacial score (nSPS) is 11.9. The van der Waals surface area contributed by atoms with Gasteiger partial charge in [-0.25, -0.2) is 4.39 Å². The second kappa shape index (κ2) is 4.89. The number of nitrogens with zero attached hydrogens (tertiary/aromatic N) is 1. The summed E-state index contributed by atoms with van der Waals surface area (Å²) in [5.74, 6) is -1.33. The third kappa shape index (κ3) is 2.90. The third-order valence-corrected chi connectivity index (χ3v) is 1.97. The number of anilines is 1. The van der Waals surface area contributed by atoms with Crippen molar-refractivity contribution in [3.63, 3.8) is 0 Å². The number of hydrogen-bond acceptors (Lipinski definition) is 3. The monoisotopic (exact) mass is 246 g/mol. The number of carbonyl (C=O) groups excluding carboxylic acids is 1. The molecular weight excluding hydrogens is 239 g/mol. The molecular formula is C9H8ClFN2O3. The molecule has 0 saturated carbocycles. The third-order valence-electron chi connectivity index (χ3n) is 1.78.